The van der Waals surface area contributed by atoms with Crippen LogP contribution in [0.5, 0.6) is 0 Å². The number of rotatable bonds is 4. The average Bonchev–Trinajstić information content (AvgIpc) is 3.63. The van der Waals surface area contributed by atoms with Crippen LogP contribution in [-0.4, -0.2) is 15.0 Å². The molecule has 0 N–H and O–H groups in total. The standard InChI is InChI=1S/C35H21N3OS/c1-2-11-22(12-3-1)24-14-5-6-16-27(24)33-36-34(38-35(37-33)31-21-23-13-4-9-20-30(23)40-31)28-18-10-17-26-25-15-7-8-19-29(25)39-32(26)28/h1-21H. The Morgan fingerprint density at radius 1 is 0.500 bits per heavy atom. The van der Waals surface area contributed by atoms with Crippen molar-refractivity contribution in [3.63, 3.8) is 0 Å². The number of thiophene rings is 1. The maximum atomic E-state index is 6.37. The lowest BCUT2D eigenvalue weighted by atomic mass is 9.99. The van der Waals surface area contributed by atoms with E-state index < -0.39 is 0 Å². The molecule has 3 aromatic heterocycles. The van der Waals surface area contributed by atoms with Crippen molar-refractivity contribution >= 4 is 43.4 Å². The van der Waals surface area contributed by atoms with Crippen LogP contribution in [0.15, 0.2) is 132 Å². The number of furan rings is 1. The minimum Gasteiger partial charge on any atom is -0.455 e. The van der Waals surface area contributed by atoms with Crippen LogP contribution in [-0.2, 0) is 0 Å². The molecule has 0 saturated heterocycles. The molecule has 0 radical (unpaired) electrons. The molecule has 0 unspecified atom stereocenters. The first-order chi connectivity index (χ1) is 19.8. The molecular weight excluding hydrogens is 510 g/mol. The molecule has 0 bridgehead atoms. The van der Waals surface area contributed by atoms with E-state index in [1.807, 2.05) is 42.5 Å². The predicted octanol–water partition coefficient (Wildman–Crippen LogP) is 9.65. The summed E-state index contributed by atoms with van der Waals surface area (Å²) in [6.07, 6.45) is 0. The zero-order chi connectivity index (χ0) is 26.5. The second kappa shape index (κ2) is 9.26. The fourth-order valence-electron chi connectivity index (χ4n) is 5.29. The van der Waals surface area contributed by atoms with Crippen LogP contribution >= 0.6 is 11.3 Å². The predicted molar refractivity (Wildman–Crippen MR) is 164 cm³/mol. The van der Waals surface area contributed by atoms with Gasteiger partial charge in [-0.1, -0.05) is 103 Å². The maximum absolute atomic E-state index is 6.37. The fourth-order valence-corrected chi connectivity index (χ4v) is 6.29. The van der Waals surface area contributed by atoms with Crippen LogP contribution in [0.2, 0.25) is 0 Å². The van der Waals surface area contributed by atoms with E-state index in [0.29, 0.717) is 17.5 Å². The number of hydrogen-bond donors (Lipinski definition) is 0. The van der Waals surface area contributed by atoms with E-state index in [4.69, 9.17) is 19.4 Å². The van der Waals surface area contributed by atoms with Crippen molar-refractivity contribution in [2.75, 3.05) is 0 Å². The third-order valence-corrected chi connectivity index (χ3v) is 8.29. The lowest BCUT2D eigenvalue weighted by molar-refractivity contribution is 0.669. The normalized spacial score (nSPS) is 11.5. The molecule has 8 aromatic rings. The Kier molecular flexibility index (Phi) is 5.28. The Bertz CT molecular complexity index is 2150. The summed E-state index contributed by atoms with van der Waals surface area (Å²) in [4.78, 5) is 16.2. The molecule has 0 fully saturated rings. The van der Waals surface area contributed by atoms with Crippen LogP contribution in [0.3, 0.4) is 0 Å². The summed E-state index contributed by atoms with van der Waals surface area (Å²) in [5, 5.41) is 3.30. The number of nitrogens with zero attached hydrogens (tertiary/aromatic N) is 3. The molecule has 0 aliphatic carbocycles. The van der Waals surface area contributed by atoms with Gasteiger partial charge in [-0.15, -0.1) is 11.3 Å². The fraction of sp³-hybridized carbons (Fsp3) is 0. The van der Waals surface area contributed by atoms with Crippen molar-refractivity contribution in [3.05, 3.63) is 127 Å². The molecule has 0 aliphatic rings. The van der Waals surface area contributed by atoms with Crippen LogP contribution in [0.1, 0.15) is 0 Å². The van der Waals surface area contributed by atoms with Gasteiger partial charge in [-0.05, 0) is 40.8 Å². The Balaban J connectivity index is 1.40. The number of fused-ring (bicyclic) bond motifs is 4. The Hall–Kier alpha value is -5.13. The molecule has 0 amide bonds. The van der Waals surface area contributed by atoms with E-state index in [0.717, 1.165) is 49.1 Å². The van der Waals surface area contributed by atoms with E-state index >= 15 is 0 Å². The molecule has 5 aromatic carbocycles. The Labute approximate surface area is 234 Å². The van der Waals surface area contributed by atoms with Crippen molar-refractivity contribution in [1.29, 1.82) is 0 Å². The zero-order valence-electron chi connectivity index (χ0n) is 21.3. The van der Waals surface area contributed by atoms with Crippen molar-refractivity contribution in [2.24, 2.45) is 0 Å². The van der Waals surface area contributed by atoms with Crippen molar-refractivity contribution in [2.45, 2.75) is 0 Å². The third kappa shape index (κ3) is 3.79. The Morgan fingerprint density at radius 2 is 1.15 bits per heavy atom. The lowest BCUT2D eigenvalue weighted by Gasteiger charge is -2.11. The van der Waals surface area contributed by atoms with E-state index in [2.05, 4.69) is 84.9 Å². The number of hydrogen-bond acceptors (Lipinski definition) is 5. The maximum Gasteiger partial charge on any atom is 0.174 e. The molecule has 0 saturated carbocycles. The lowest BCUT2D eigenvalue weighted by Crippen LogP contribution is -2.00. The molecule has 0 aliphatic heterocycles. The summed E-state index contributed by atoms with van der Waals surface area (Å²) in [7, 11) is 0. The minimum atomic E-state index is 0.588. The third-order valence-electron chi connectivity index (χ3n) is 7.18. The number of aromatic nitrogens is 3. The summed E-state index contributed by atoms with van der Waals surface area (Å²) in [6.45, 7) is 0. The molecule has 8 rings (SSSR count). The van der Waals surface area contributed by atoms with Gasteiger partial charge in [-0.25, -0.2) is 15.0 Å². The summed E-state index contributed by atoms with van der Waals surface area (Å²) >= 11 is 1.69. The largest absolute Gasteiger partial charge is 0.455 e. The van der Waals surface area contributed by atoms with Crippen molar-refractivity contribution in [1.82, 2.24) is 15.0 Å². The van der Waals surface area contributed by atoms with Gasteiger partial charge >= 0.3 is 0 Å². The average molecular weight is 532 g/mol. The highest BCUT2D eigenvalue weighted by Crippen LogP contribution is 2.38. The number of benzene rings is 5. The second-order valence-electron chi connectivity index (χ2n) is 9.65. The molecule has 188 valence electrons. The van der Waals surface area contributed by atoms with Gasteiger partial charge in [0.25, 0.3) is 0 Å². The first kappa shape index (κ1) is 22.8. The van der Waals surface area contributed by atoms with Gasteiger partial charge in [0.1, 0.15) is 11.2 Å². The molecule has 40 heavy (non-hydrogen) atoms. The molecule has 0 spiro atoms. The second-order valence-corrected chi connectivity index (χ2v) is 10.7. The van der Waals surface area contributed by atoms with E-state index in [1.54, 1.807) is 11.3 Å². The van der Waals surface area contributed by atoms with Crippen LogP contribution in [0.25, 0.3) is 76.6 Å². The van der Waals surface area contributed by atoms with Crippen molar-refractivity contribution in [3.8, 4) is 44.6 Å². The first-order valence-corrected chi connectivity index (χ1v) is 13.9. The van der Waals surface area contributed by atoms with Crippen molar-refractivity contribution < 1.29 is 4.42 Å². The zero-order valence-corrected chi connectivity index (χ0v) is 22.1. The quantitative estimate of drug-likeness (QED) is 0.227. The van der Waals surface area contributed by atoms with Crippen LogP contribution in [0, 0.1) is 0 Å². The molecule has 4 nitrogen and oxygen atoms in total. The highest BCUT2D eigenvalue weighted by Gasteiger charge is 2.19. The van der Waals surface area contributed by atoms with E-state index in [9.17, 15) is 0 Å². The summed E-state index contributed by atoms with van der Waals surface area (Å²) < 4.78 is 7.57. The van der Waals surface area contributed by atoms with Crippen LogP contribution in [0.4, 0.5) is 0 Å². The highest BCUT2D eigenvalue weighted by atomic mass is 32.1. The molecule has 0 atom stereocenters. The van der Waals surface area contributed by atoms with E-state index in [-0.39, 0.29) is 0 Å². The van der Waals surface area contributed by atoms with Gasteiger partial charge in [0.05, 0.1) is 10.4 Å². The summed E-state index contributed by atoms with van der Waals surface area (Å²) in [5.74, 6) is 1.87. The molecule has 3 heterocycles. The van der Waals surface area contributed by atoms with Gasteiger partial charge < -0.3 is 4.42 Å². The Morgan fingerprint density at radius 3 is 2.02 bits per heavy atom. The van der Waals surface area contributed by atoms with Gasteiger partial charge in [-0.2, -0.15) is 0 Å². The smallest absolute Gasteiger partial charge is 0.174 e. The summed E-state index contributed by atoms with van der Waals surface area (Å²) in [6, 6.07) is 43.4. The monoisotopic (exact) mass is 531 g/mol. The minimum absolute atomic E-state index is 0.588. The van der Waals surface area contributed by atoms with Gasteiger partial charge in [-0.3, -0.25) is 0 Å². The molecule has 5 heteroatoms. The molecular formula is C35H21N3OS. The van der Waals surface area contributed by atoms with E-state index in [1.165, 1.54) is 10.1 Å². The van der Waals surface area contributed by atoms with Gasteiger partial charge in [0.15, 0.2) is 17.5 Å². The van der Waals surface area contributed by atoms with Gasteiger partial charge in [0.2, 0.25) is 0 Å². The topological polar surface area (TPSA) is 51.8 Å². The first-order valence-electron chi connectivity index (χ1n) is 13.1. The van der Waals surface area contributed by atoms with Gasteiger partial charge in [0, 0.05) is 21.0 Å². The summed E-state index contributed by atoms with van der Waals surface area (Å²) in [5.41, 5.74) is 5.61. The highest BCUT2D eigenvalue weighted by molar-refractivity contribution is 7.22. The SMILES string of the molecule is c1ccc(-c2ccccc2-c2nc(-c3cc4ccccc4s3)nc(-c3cccc4c3oc3ccccc34)n2)cc1. The number of para-hydroxylation sites is 2. The van der Waals surface area contributed by atoms with Crippen LogP contribution < -0.4 is 0 Å².